The largest absolute Gasteiger partial charge is 0.444 e. The molecule has 0 aromatic rings. The molecule has 0 unspecified atom stereocenters. The maximum atomic E-state index is 12.1. The fourth-order valence-corrected chi connectivity index (χ4v) is 1.76. The quantitative estimate of drug-likeness (QED) is 0.637. The number of hydrogen-bond donors (Lipinski definition) is 2. The van der Waals surface area contributed by atoms with Gasteiger partial charge in [0.05, 0.1) is 0 Å². The van der Waals surface area contributed by atoms with E-state index in [1.165, 1.54) is 6.92 Å². The van der Waals surface area contributed by atoms with Gasteiger partial charge in [0.25, 0.3) is 0 Å². The van der Waals surface area contributed by atoms with E-state index in [4.69, 9.17) is 4.74 Å². The molecule has 0 aliphatic carbocycles. The van der Waals surface area contributed by atoms with E-state index in [1.54, 1.807) is 4.90 Å². The van der Waals surface area contributed by atoms with Gasteiger partial charge in [0.2, 0.25) is 5.91 Å². The van der Waals surface area contributed by atoms with Crippen molar-refractivity contribution in [2.75, 3.05) is 33.2 Å². The molecule has 0 fully saturated rings. The van der Waals surface area contributed by atoms with Crippen LogP contribution in [0.1, 0.15) is 47.0 Å². The standard InChI is InChI=1S/C15H31N3O3/c1-13(19)17-10-6-7-11-18(12-8-9-16-5)14(20)21-15(2,3)4/h16H,6-12H2,1-5H3,(H,17,19). The summed E-state index contributed by atoms with van der Waals surface area (Å²) in [7, 11) is 1.89. The second-order valence-corrected chi connectivity index (χ2v) is 6.11. The zero-order valence-corrected chi connectivity index (χ0v) is 14.1. The van der Waals surface area contributed by atoms with Gasteiger partial charge in [0, 0.05) is 26.6 Å². The van der Waals surface area contributed by atoms with Gasteiger partial charge in [-0.1, -0.05) is 0 Å². The van der Waals surface area contributed by atoms with E-state index in [2.05, 4.69) is 10.6 Å². The zero-order valence-electron chi connectivity index (χ0n) is 14.1. The Balaban J connectivity index is 4.18. The lowest BCUT2D eigenvalue weighted by molar-refractivity contribution is -0.118. The van der Waals surface area contributed by atoms with Crippen molar-refractivity contribution in [1.29, 1.82) is 0 Å². The highest BCUT2D eigenvalue weighted by atomic mass is 16.6. The van der Waals surface area contributed by atoms with Crippen LogP contribution in [0.5, 0.6) is 0 Å². The first-order chi connectivity index (χ1) is 9.76. The Kier molecular flexibility index (Phi) is 9.78. The normalized spacial score (nSPS) is 11.1. The Labute approximate surface area is 128 Å². The molecule has 0 rings (SSSR count). The molecule has 124 valence electrons. The second-order valence-electron chi connectivity index (χ2n) is 6.11. The van der Waals surface area contributed by atoms with Crippen LogP contribution >= 0.6 is 0 Å². The highest BCUT2D eigenvalue weighted by Crippen LogP contribution is 2.11. The van der Waals surface area contributed by atoms with Crippen LogP contribution < -0.4 is 10.6 Å². The molecular formula is C15H31N3O3. The van der Waals surface area contributed by atoms with E-state index in [1.807, 2.05) is 27.8 Å². The van der Waals surface area contributed by atoms with E-state index >= 15 is 0 Å². The summed E-state index contributed by atoms with van der Waals surface area (Å²) in [4.78, 5) is 24.7. The molecule has 0 aliphatic rings. The molecule has 2 amide bonds. The average Bonchev–Trinajstić information content (AvgIpc) is 2.33. The van der Waals surface area contributed by atoms with Crippen molar-refractivity contribution in [2.24, 2.45) is 0 Å². The molecule has 0 aliphatic heterocycles. The van der Waals surface area contributed by atoms with Crippen LogP contribution in [0.4, 0.5) is 4.79 Å². The molecule has 0 aromatic carbocycles. The highest BCUT2D eigenvalue weighted by Gasteiger charge is 2.21. The summed E-state index contributed by atoms with van der Waals surface area (Å²) in [5.74, 6) is -0.0204. The van der Waals surface area contributed by atoms with Gasteiger partial charge in [-0.2, -0.15) is 0 Å². The fourth-order valence-electron chi connectivity index (χ4n) is 1.76. The summed E-state index contributed by atoms with van der Waals surface area (Å²) < 4.78 is 5.42. The van der Waals surface area contributed by atoms with Crippen molar-refractivity contribution < 1.29 is 14.3 Å². The first kappa shape index (κ1) is 19.7. The summed E-state index contributed by atoms with van der Waals surface area (Å²) in [6.45, 7) is 9.95. The van der Waals surface area contributed by atoms with Gasteiger partial charge in [-0.05, 0) is 53.6 Å². The number of ether oxygens (including phenoxy) is 1. The number of rotatable bonds is 9. The van der Waals surface area contributed by atoms with Gasteiger partial charge >= 0.3 is 6.09 Å². The Morgan fingerprint density at radius 2 is 1.67 bits per heavy atom. The molecule has 0 spiro atoms. The summed E-state index contributed by atoms with van der Waals surface area (Å²) in [6.07, 6.45) is 2.32. The van der Waals surface area contributed by atoms with Crippen LogP contribution in [0, 0.1) is 0 Å². The summed E-state index contributed by atoms with van der Waals surface area (Å²) >= 11 is 0. The Bertz CT molecular complexity index is 314. The maximum absolute atomic E-state index is 12.1. The number of unbranched alkanes of at least 4 members (excludes halogenated alkanes) is 1. The fraction of sp³-hybridized carbons (Fsp3) is 0.867. The third-order valence-corrected chi connectivity index (χ3v) is 2.74. The Morgan fingerprint density at radius 3 is 2.19 bits per heavy atom. The van der Waals surface area contributed by atoms with E-state index < -0.39 is 5.60 Å². The minimum atomic E-state index is -0.478. The summed E-state index contributed by atoms with van der Waals surface area (Å²) in [5.41, 5.74) is -0.478. The molecule has 0 bridgehead atoms. The lowest BCUT2D eigenvalue weighted by Crippen LogP contribution is -2.39. The average molecular weight is 301 g/mol. The van der Waals surface area contributed by atoms with Gasteiger partial charge in [-0.25, -0.2) is 4.79 Å². The lowest BCUT2D eigenvalue weighted by Gasteiger charge is -2.27. The van der Waals surface area contributed by atoms with Gasteiger partial charge in [0.15, 0.2) is 0 Å². The van der Waals surface area contributed by atoms with Crippen LogP contribution in [-0.2, 0) is 9.53 Å². The number of amides is 2. The maximum Gasteiger partial charge on any atom is 0.410 e. The van der Waals surface area contributed by atoms with Crippen molar-refractivity contribution in [3.05, 3.63) is 0 Å². The summed E-state index contributed by atoms with van der Waals surface area (Å²) in [6, 6.07) is 0. The number of carbonyl (C=O) groups is 2. The molecule has 6 heteroatoms. The molecular weight excluding hydrogens is 270 g/mol. The smallest absolute Gasteiger partial charge is 0.410 e. The number of nitrogens with one attached hydrogen (secondary N) is 2. The van der Waals surface area contributed by atoms with Crippen molar-refractivity contribution in [1.82, 2.24) is 15.5 Å². The van der Waals surface area contributed by atoms with Crippen molar-refractivity contribution in [3.8, 4) is 0 Å². The van der Waals surface area contributed by atoms with E-state index in [0.29, 0.717) is 19.6 Å². The van der Waals surface area contributed by atoms with Crippen LogP contribution in [0.3, 0.4) is 0 Å². The predicted molar refractivity (Wildman–Crippen MR) is 84.3 cm³/mol. The van der Waals surface area contributed by atoms with Gasteiger partial charge in [0.1, 0.15) is 5.60 Å². The van der Waals surface area contributed by atoms with Crippen molar-refractivity contribution in [2.45, 2.75) is 52.6 Å². The first-order valence-electron chi connectivity index (χ1n) is 7.63. The Morgan fingerprint density at radius 1 is 1.05 bits per heavy atom. The minimum Gasteiger partial charge on any atom is -0.444 e. The van der Waals surface area contributed by atoms with Gasteiger partial charge in [-0.3, -0.25) is 4.79 Å². The van der Waals surface area contributed by atoms with Crippen LogP contribution in [0.2, 0.25) is 0 Å². The van der Waals surface area contributed by atoms with E-state index in [0.717, 1.165) is 25.8 Å². The molecule has 0 aromatic heterocycles. The lowest BCUT2D eigenvalue weighted by atomic mass is 10.2. The highest BCUT2D eigenvalue weighted by molar-refractivity contribution is 5.72. The number of nitrogens with zero attached hydrogens (tertiary/aromatic N) is 1. The third kappa shape index (κ3) is 12.2. The topological polar surface area (TPSA) is 70.7 Å². The summed E-state index contributed by atoms with van der Waals surface area (Å²) in [5, 5.41) is 5.83. The SMILES string of the molecule is CNCCCN(CCCCNC(C)=O)C(=O)OC(C)(C)C. The third-order valence-electron chi connectivity index (χ3n) is 2.74. The molecule has 21 heavy (non-hydrogen) atoms. The molecule has 0 heterocycles. The number of carbonyl (C=O) groups excluding carboxylic acids is 2. The monoisotopic (exact) mass is 301 g/mol. The van der Waals surface area contributed by atoms with E-state index in [9.17, 15) is 9.59 Å². The van der Waals surface area contributed by atoms with Crippen LogP contribution in [0.15, 0.2) is 0 Å². The van der Waals surface area contributed by atoms with Crippen LogP contribution in [-0.4, -0.2) is 55.7 Å². The predicted octanol–water partition coefficient (Wildman–Crippen LogP) is 1.75. The van der Waals surface area contributed by atoms with Gasteiger partial charge < -0.3 is 20.3 Å². The van der Waals surface area contributed by atoms with Crippen molar-refractivity contribution in [3.63, 3.8) is 0 Å². The number of hydrogen-bond acceptors (Lipinski definition) is 4. The second kappa shape index (κ2) is 10.4. The van der Waals surface area contributed by atoms with Gasteiger partial charge in [-0.15, -0.1) is 0 Å². The first-order valence-corrected chi connectivity index (χ1v) is 7.63. The van der Waals surface area contributed by atoms with E-state index in [-0.39, 0.29) is 12.0 Å². The zero-order chi connectivity index (χ0) is 16.3. The van der Waals surface area contributed by atoms with Crippen LogP contribution in [0.25, 0.3) is 0 Å². The molecule has 0 radical (unpaired) electrons. The molecule has 0 atom stereocenters. The molecule has 0 saturated heterocycles. The molecule has 6 nitrogen and oxygen atoms in total. The molecule has 2 N–H and O–H groups in total. The Hall–Kier alpha value is -1.30. The molecule has 0 saturated carbocycles. The van der Waals surface area contributed by atoms with Crippen molar-refractivity contribution >= 4 is 12.0 Å². The minimum absolute atomic E-state index is 0.0204.